The first-order valence-electron chi connectivity index (χ1n) is 7.52. The quantitative estimate of drug-likeness (QED) is 0.748. The molecule has 0 spiro atoms. The fourth-order valence-corrected chi connectivity index (χ4v) is 2.40. The Morgan fingerprint density at radius 1 is 1.38 bits per heavy atom. The van der Waals surface area contributed by atoms with Crippen LogP contribution in [0.2, 0.25) is 0 Å². The maximum Gasteiger partial charge on any atom is 0.254 e. The number of hydrogen-bond acceptors (Lipinski definition) is 3. The van der Waals surface area contributed by atoms with Crippen molar-refractivity contribution in [3.63, 3.8) is 0 Å². The molecule has 1 saturated carbocycles. The van der Waals surface area contributed by atoms with Crippen molar-refractivity contribution in [2.24, 2.45) is 0 Å². The number of ether oxygens (including phenoxy) is 1. The summed E-state index contributed by atoms with van der Waals surface area (Å²) >= 11 is 0. The van der Waals surface area contributed by atoms with Gasteiger partial charge in [0.05, 0.1) is 0 Å². The van der Waals surface area contributed by atoms with Crippen molar-refractivity contribution in [2.75, 3.05) is 19.8 Å². The largest absolute Gasteiger partial charge is 0.490 e. The standard InChI is InChI=1S/C17H23NO3/c1-2-13-21-16-9-7-14(8-10-16)17(20)18(11-4-12-19)15-5-3-6-15/h2,7-10,15,19H,1,3-6,11-13H2. The van der Waals surface area contributed by atoms with E-state index >= 15 is 0 Å². The molecule has 1 aromatic carbocycles. The second-order valence-corrected chi connectivity index (χ2v) is 5.28. The van der Waals surface area contributed by atoms with E-state index in [9.17, 15) is 4.79 Å². The summed E-state index contributed by atoms with van der Waals surface area (Å²) in [5.74, 6) is 0.778. The molecule has 21 heavy (non-hydrogen) atoms. The van der Waals surface area contributed by atoms with E-state index in [2.05, 4.69) is 6.58 Å². The van der Waals surface area contributed by atoms with Crippen LogP contribution in [-0.2, 0) is 0 Å². The van der Waals surface area contributed by atoms with E-state index < -0.39 is 0 Å². The number of hydrogen-bond donors (Lipinski definition) is 1. The lowest BCUT2D eigenvalue weighted by atomic mass is 9.90. The van der Waals surface area contributed by atoms with Crippen LogP contribution in [0.5, 0.6) is 5.75 Å². The Morgan fingerprint density at radius 2 is 2.10 bits per heavy atom. The van der Waals surface area contributed by atoms with Crippen LogP contribution in [0.25, 0.3) is 0 Å². The Morgan fingerprint density at radius 3 is 2.62 bits per heavy atom. The maximum atomic E-state index is 12.6. The minimum Gasteiger partial charge on any atom is -0.490 e. The molecule has 0 radical (unpaired) electrons. The number of aliphatic hydroxyl groups excluding tert-OH is 1. The van der Waals surface area contributed by atoms with Gasteiger partial charge in [-0.2, -0.15) is 0 Å². The lowest BCUT2D eigenvalue weighted by molar-refractivity contribution is 0.0562. The first kappa shape index (κ1) is 15.6. The van der Waals surface area contributed by atoms with Crippen LogP contribution in [-0.4, -0.2) is 41.7 Å². The van der Waals surface area contributed by atoms with Crippen molar-refractivity contribution in [3.05, 3.63) is 42.5 Å². The van der Waals surface area contributed by atoms with Gasteiger partial charge in [0.25, 0.3) is 5.91 Å². The molecule has 0 heterocycles. The fourth-order valence-electron chi connectivity index (χ4n) is 2.40. The number of nitrogens with zero attached hydrogens (tertiary/aromatic N) is 1. The molecule has 2 rings (SSSR count). The van der Waals surface area contributed by atoms with Gasteiger partial charge >= 0.3 is 0 Å². The number of carbonyl (C=O) groups excluding carboxylic acids is 1. The second kappa shape index (κ2) is 7.84. The molecule has 0 bridgehead atoms. The molecule has 4 heteroatoms. The summed E-state index contributed by atoms with van der Waals surface area (Å²) in [5, 5.41) is 9.00. The van der Waals surface area contributed by atoms with Crippen LogP contribution in [0.3, 0.4) is 0 Å². The Bertz CT molecular complexity index is 465. The third kappa shape index (κ3) is 4.08. The van der Waals surface area contributed by atoms with Gasteiger partial charge in [-0.25, -0.2) is 0 Å². The van der Waals surface area contributed by atoms with Crippen LogP contribution in [0.4, 0.5) is 0 Å². The first-order chi connectivity index (χ1) is 10.3. The van der Waals surface area contributed by atoms with Crippen molar-refractivity contribution >= 4 is 5.91 Å². The predicted molar refractivity (Wildman–Crippen MR) is 82.5 cm³/mol. The van der Waals surface area contributed by atoms with Gasteiger partial charge < -0.3 is 14.7 Å². The van der Waals surface area contributed by atoms with Crippen molar-refractivity contribution in [2.45, 2.75) is 31.7 Å². The summed E-state index contributed by atoms with van der Waals surface area (Å²) in [4.78, 5) is 14.5. The topological polar surface area (TPSA) is 49.8 Å². The molecule has 4 nitrogen and oxygen atoms in total. The molecule has 1 aliphatic carbocycles. The highest BCUT2D eigenvalue weighted by atomic mass is 16.5. The summed E-state index contributed by atoms with van der Waals surface area (Å²) in [7, 11) is 0. The predicted octanol–water partition coefficient (Wildman–Crippen LogP) is 2.63. The molecule has 114 valence electrons. The summed E-state index contributed by atoms with van der Waals surface area (Å²) in [6.07, 6.45) is 5.63. The number of aliphatic hydroxyl groups is 1. The Hall–Kier alpha value is -1.81. The summed E-state index contributed by atoms with van der Waals surface area (Å²) in [6, 6.07) is 7.54. The number of amides is 1. The highest BCUT2D eigenvalue weighted by molar-refractivity contribution is 5.94. The number of rotatable bonds is 8. The van der Waals surface area contributed by atoms with Gasteiger partial charge in [0.1, 0.15) is 12.4 Å². The highest BCUT2D eigenvalue weighted by Gasteiger charge is 2.28. The van der Waals surface area contributed by atoms with Crippen LogP contribution in [0.15, 0.2) is 36.9 Å². The third-order valence-electron chi connectivity index (χ3n) is 3.80. The number of benzene rings is 1. The molecule has 0 aliphatic heterocycles. The monoisotopic (exact) mass is 289 g/mol. The molecule has 1 aromatic rings. The van der Waals surface area contributed by atoms with Gasteiger partial charge in [-0.3, -0.25) is 4.79 Å². The zero-order chi connectivity index (χ0) is 15.1. The van der Waals surface area contributed by atoms with Crippen LogP contribution < -0.4 is 4.74 Å². The first-order valence-corrected chi connectivity index (χ1v) is 7.52. The molecule has 1 amide bonds. The Balaban J connectivity index is 2.02. The van der Waals surface area contributed by atoms with Crippen molar-refractivity contribution in [3.8, 4) is 5.75 Å². The lowest BCUT2D eigenvalue weighted by Crippen LogP contribution is -2.44. The smallest absolute Gasteiger partial charge is 0.254 e. The minimum atomic E-state index is 0.0448. The van der Waals surface area contributed by atoms with E-state index in [1.807, 2.05) is 17.0 Å². The SMILES string of the molecule is C=CCOc1ccc(C(=O)N(CCCO)C2CCC2)cc1. The summed E-state index contributed by atoms with van der Waals surface area (Å²) < 4.78 is 5.42. The van der Waals surface area contributed by atoms with Gasteiger partial charge in [-0.05, 0) is 49.9 Å². The average molecular weight is 289 g/mol. The molecule has 0 saturated heterocycles. The van der Waals surface area contributed by atoms with E-state index in [1.54, 1.807) is 18.2 Å². The molecule has 0 aromatic heterocycles. The van der Waals surface area contributed by atoms with Crippen LogP contribution in [0.1, 0.15) is 36.0 Å². The van der Waals surface area contributed by atoms with E-state index in [0.717, 1.165) is 18.6 Å². The zero-order valence-corrected chi connectivity index (χ0v) is 12.3. The van der Waals surface area contributed by atoms with Crippen LogP contribution >= 0.6 is 0 Å². The molecule has 0 unspecified atom stereocenters. The normalized spacial score (nSPS) is 14.3. The van der Waals surface area contributed by atoms with Crippen molar-refractivity contribution in [1.29, 1.82) is 0 Å². The molecule has 1 fully saturated rings. The minimum absolute atomic E-state index is 0.0448. The molecule has 0 atom stereocenters. The molecular weight excluding hydrogens is 266 g/mol. The Kier molecular flexibility index (Phi) is 5.81. The van der Waals surface area contributed by atoms with Crippen molar-refractivity contribution in [1.82, 2.24) is 4.90 Å². The number of carbonyl (C=O) groups is 1. The van der Waals surface area contributed by atoms with E-state index in [4.69, 9.17) is 9.84 Å². The van der Waals surface area contributed by atoms with E-state index in [0.29, 0.717) is 31.2 Å². The molecular formula is C17H23NO3. The maximum absolute atomic E-state index is 12.6. The zero-order valence-electron chi connectivity index (χ0n) is 12.3. The molecule has 1 aliphatic rings. The second-order valence-electron chi connectivity index (χ2n) is 5.28. The van der Waals surface area contributed by atoms with E-state index in [-0.39, 0.29) is 12.5 Å². The average Bonchev–Trinajstić information content (AvgIpc) is 2.47. The fraction of sp³-hybridized carbons (Fsp3) is 0.471. The van der Waals surface area contributed by atoms with Gasteiger partial charge in [0.2, 0.25) is 0 Å². The lowest BCUT2D eigenvalue weighted by Gasteiger charge is -2.37. The van der Waals surface area contributed by atoms with Crippen LogP contribution in [0, 0.1) is 0 Å². The third-order valence-corrected chi connectivity index (χ3v) is 3.80. The van der Waals surface area contributed by atoms with Gasteiger partial charge in [0, 0.05) is 24.8 Å². The van der Waals surface area contributed by atoms with E-state index in [1.165, 1.54) is 6.42 Å². The van der Waals surface area contributed by atoms with Crippen molar-refractivity contribution < 1.29 is 14.6 Å². The highest BCUT2D eigenvalue weighted by Crippen LogP contribution is 2.26. The summed E-state index contributed by atoms with van der Waals surface area (Å²) in [6.45, 7) is 4.79. The summed E-state index contributed by atoms with van der Waals surface area (Å²) in [5.41, 5.74) is 0.672. The van der Waals surface area contributed by atoms with Gasteiger partial charge in [-0.1, -0.05) is 12.7 Å². The van der Waals surface area contributed by atoms with Gasteiger partial charge in [0.15, 0.2) is 0 Å². The van der Waals surface area contributed by atoms with Gasteiger partial charge in [-0.15, -0.1) is 0 Å². The Labute approximate surface area is 126 Å². The molecule has 1 N–H and O–H groups in total.